The van der Waals surface area contributed by atoms with Crippen molar-refractivity contribution in [2.24, 2.45) is 0 Å². The van der Waals surface area contributed by atoms with E-state index in [-0.39, 0.29) is 12.6 Å². The molecular formula is C12H13BrN8O. The minimum absolute atomic E-state index is 0.199. The normalized spacial score (nSPS) is 10.8. The first-order valence-corrected chi connectivity index (χ1v) is 7.39. The van der Waals surface area contributed by atoms with Crippen LogP contribution in [-0.2, 0) is 13.1 Å². The first kappa shape index (κ1) is 14.4. The molecule has 3 heterocycles. The van der Waals surface area contributed by atoms with Crippen LogP contribution in [0.15, 0.2) is 29.0 Å². The Labute approximate surface area is 133 Å². The molecule has 114 valence electrons. The van der Waals surface area contributed by atoms with Crippen LogP contribution in [0.3, 0.4) is 0 Å². The van der Waals surface area contributed by atoms with E-state index in [1.54, 1.807) is 6.20 Å². The molecule has 3 rings (SSSR count). The highest BCUT2D eigenvalue weighted by atomic mass is 79.9. The molecule has 0 saturated heterocycles. The lowest BCUT2D eigenvalue weighted by Gasteiger charge is -2.02. The van der Waals surface area contributed by atoms with Gasteiger partial charge in [-0.1, -0.05) is 0 Å². The van der Waals surface area contributed by atoms with E-state index in [1.807, 2.05) is 29.7 Å². The number of anilines is 1. The predicted octanol–water partition coefficient (Wildman–Crippen LogP) is 1.42. The molecule has 0 unspecified atom stereocenters. The number of nitrogens with one attached hydrogen (secondary N) is 2. The zero-order chi connectivity index (χ0) is 15.5. The summed E-state index contributed by atoms with van der Waals surface area (Å²) in [6.07, 6.45) is 3.59. The number of imidazole rings is 1. The quantitative estimate of drug-likeness (QED) is 0.728. The van der Waals surface area contributed by atoms with E-state index in [1.165, 1.54) is 4.80 Å². The summed E-state index contributed by atoms with van der Waals surface area (Å²) in [7, 11) is 0. The summed E-state index contributed by atoms with van der Waals surface area (Å²) in [6.45, 7) is 2.74. The van der Waals surface area contributed by atoms with Crippen molar-refractivity contribution < 1.29 is 4.79 Å². The van der Waals surface area contributed by atoms with Gasteiger partial charge in [0.1, 0.15) is 5.65 Å². The topological polar surface area (TPSA) is 102 Å². The van der Waals surface area contributed by atoms with Crippen LogP contribution >= 0.6 is 15.9 Å². The van der Waals surface area contributed by atoms with Crippen LogP contribution < -0.4 is 10.6 Å². The molecule has 2 amide bonds. The summed E-state index contributed by atoms with van der Waals surface area (Å²) in [5, 5.41) is 17.0. The number of fused-ring (bicyclic) bond motifs is 1. The highest BCUT2D eigenvalue weighted by Crippen LogP contribution is 2.14. The number of amides is 2. The molecule has 0 fully saturated rings. The molecule has 3 aromatic heterocycles. The highest BCUT2D eigenvalue weighted by Gasteiger charge is 2.08. The van der Waals surface area contributed by atoms with E-state index < -0.39 is 0 Å². The zero-order valence-corrected chi connectivity index (χ0v) is 13.3. The fraction of sp³-hybridized carbons (Fsp3) is 0.250. The summed E-state index contributed by atoms with van der Waals surface area (Å²) in [4.78, 5) is 17.6. The maximum atomic E-state index is 11.8. The Balaban J connectivity index is 1.60. The second-order valence-corrected chi connectivity index (χ2v) is 5.36. The Morgan fingerprint density at radius 1 is 1.36 bits per heavy atom. The smallest absolute Gasteiger partial charge is 0.320 e. The van der Waals surface area contributed by atoms with Crippen LogP contribution in [0.1, 0.15) is 12.7 Å². The van der Waals surface area contributed by atoms with Crippen LogP contribution in [0.5, 0.6) is 0 Å². The Hall–Kier alpha value is -2.49. The number of rotatable bonds is 4. The molecule has 0 saturated carbocycles. The van der Waals surface area contributed by atoms with Gasteiger partial charge in [-0.15, -0.1) is 10.2 Å². The number of aryl methyl sites for hydroxylation is 1. The van der Waals surface area contributed by atoms with Crippen LogP contribution in [0.2, 0.25) is 0 Å². The molecule has 22 heavy (non-hydrogen) atoms. The molecular weight excluding hydrogens is 352 g/mol. The first-order chi connectivity index (χ1) is 10.6. The minimum atomic E-state index is -0.379. The number of nitrogens with zero attached hydrogens (tertiary/aromatic N) is 6. The van der Waals surface area contributed by atoms with Crippen molar-refractivity contribution in [1.82, 2.24) is 34.9 Å². The van der Waals surface area contributed by atoms with Crippen LogP contribution in [-0.4, -0.2) is 35.6 Å². The number of carbonyl (C=O) groups is 1. The van der Waals surface area contributed by atoms with E-state index in [0.717, 1.165) is 10.1 Å². The molecule has 2 N–H and O–H groups in total. The number of hydrogen-bond acceptors (Lipinski definition) is 5. The SMILES string of the molecule is CCn1nnc(CNC(=O)Nc2cn3cc(Br)ccc3n2)n1. The van der Waals surface area contributed by atoms with Crippen molar-refractivity contribution in [2.75, 3.05) is 5.32 Å². The zero-order valence-electron chi connectivity index (χ0n) is 11.7. The number of carbonyl (C=O) groups excluding carboxylic acids is 1. The molecule has 0 aliphatic heterocycles. The predicted molar refractivity (Wildman–Crippen MR) is 82.2 cm³/mol. The number of hydrogen-bond donors (Lipinski definition) is 2. The van der Waals surface area contributed by atoms with Gasteiger partial charge in [0.15, 0.2) is 11.6 Å². The van der Waals surface area contributed by atoms with Crippen LogP contribution in [0, 0.1) is 0 Å². The van der Waals surface area contributed by atoms with E-state index in [2.05, 4.69) is 47.0 Å². The van der Waals surface area contributed by atoms with Crippen molar-refractivity contribution in [2.45, 2.75) is 20.0 Å². The summed E-state index contributed by atoms with van der Waals surface area (Å²) in [5.41, 5.74) is 0.742. The van der Waals surface area contributed by atoms with Crippen molar-refractivity contribution >= 4 is 33.4 Å². The molecule has 3 aromatic rings. The fourth-order valence-electron chi connectivity index (χ4n) is 1.83. The van der Waals surface area contributed by atoms with Gasteiger partial charge < -0.3 is 9.72 Å². The summed E-state index contributed by atoms with van der Waals surface area (Å²) >= 11 is 3.38. The Kier molecular flexibility index (Phi) is 4.00. The fourth-order valence-corrected chi connectivity index (χ4v) is 2.18. The number of urea groups is 1. The second kappa shape index (κ2) is 6.10. The minimum Gasteiger partial charge on any atom is -0.330 e. The van der Waals surface area contributed by atoms with E-state index in [0.29, 0.717) is 18.2 Å². The Bertz CT molecular complexity index is 810. The van der Waals surface area contributed by atoms with Gasteiger partial charge in [0.2, 0.25) is 0 Å². The van der Waals surface area contributed by atoms with Crippen molar-refractivity contribution in [3.05, 3.63) is 34.8 Å². The summed E-state index contributed by atoms with van der Waals surface area (Å²) in [6, 6.07) is 3.35. The third kappa shape index (κ3) is 3.22. The first-order valence-electron chi connectivity index (χ1n) is 6.60. The van der Waals surface area contributed by atoms with Gasteiger partial charge in [0.05, 0.1) is 19.3 Å². The molecule has 0 spiro atoms. The van der Waals surface area contributed by atoms with Gasteiger partial charge in [-0.25, -0.2) is 9.78 Å². The number of aromatic nitrogens is 6. The van der Waals surface area contributed by atoms with Gasteiger partial charge in [-0.2, -0.15) is 4.80 Å². The lowest BCUT2D eigenvalue weighted by atomic mass is 10.5. The Morgan fingerprint density at radius 3 is 3.00 bits per heavy atom. The second-order valence-electron chi connectivity index (χ2n) is 4.44. The Morgan fingerprint density at radius 2 is 2.23 bits per heavy atom. The maximum absolute atomic E-state index is 11.8. The third-order valence-corrected chi connectivity index (χ3v) is 3.31. The average Bonchev–Trinajstić information content (AvgIpc) is 3.10. The van der Waals surface area contributed by atoms with Gasteiger partial charge in [-0.3, -0.25) is 5.32 Å². The van der Waals surface area contributed by atoms with E-state index in [4.69, 9.17) is 0 Å². The molecule has 0 bridgehead atoms. The van der Waals surface area contributed by atoms with Gasteiger partial charge in [-0.05, 0) is 40.2 Å². The monoisotopic (exact) mass is 364 g/mol. The van der Waals surface area contributed by atoms with Gasteiger partial charge in [0, 0.05) is 10.7 Å². The van der Waals surface area contributed by atoms with Crippen molar-refractivity contribution in [3.8, 4) is 0 Å². The molecule has 0 atom stereocenters. The number of pyridine rings is 1. The average molecular weight is 365 g/mol. The molecule has 9 nitrogen and oxygen atoms in total. The van der Waals surface area contributed by atoms with E-state index >= 15 is 0 Å². The number of halogens is 1. The van der Waals surface area contributed by atoms with E-state index in [9.17, 15) is 4.79 Å². The summed E-state index contributed by atoms with van der Waals surface area (Å²) < 4.78 is 2.74. The largest absolute Gasteiger partial charge is 0.330 e. The molecule has 0 aliphatic carbocycles. The third-order valence-electron chi connectivity index (χ3n) is 2.84. The van der Waals surface area contributed by atoms with Gasteiger partial charge in [0.25, 0.3) is 0 Å². The molecule has 0 radical (unpaired) electrons. The lowest BCUT2D eigenvalue weighted by Crippen LogP contribution is -2.28. The molecule has 0 aromatic carbocycles. The van der Waals surface area contributed by atoms with Gasteiger partial charge >= 0.3 is 6.03 Å². The maximum Gasteiger partial charge on any atom is 0.320 e. The van der Waals surface area contributed by atoms with Crippen molar-refractivity contribution in [1.29, 1.82) is 0 Å². The van der Waals surface area contributed by atoms with Crippen LogP contribution in [0.4, 0.5) is 10.6 Å². The molecule has 0 aliphatic rings. The standard InChI is InChI=1S/C12H13BrN8O/c1-2-21-18-9(17-19-21)5-14-12(22)16-10-7-20-6-8(13)3-4-11(20)15-10/h3-4,6-7H,2,5H2,1H3,(H2,14,16,22). The van der Waals surface area contributed by atoms with Crippen LogP contribution in [0.25, 0.3) is 5.65 Å². The van der Waals surface area contributed by atoms with Crippen molar-refractivity contribution in [3.63, 3.8) is 0 Å². The lowest BCUT2D eigenvalue weighted by molar-refractivity contribution is 0.251. The summed E-state index contributed by atoms with van der Waals surface area (Å²) in [5.74, 6) is 0.914. The number of tetrazole rings is 1. The highest BCUT2D eigenvalue weighted by molar-refractivity contribution is 9.10. The molecule has 10 heteroatoms.